The van der Waals surface area contributed by atoms with E-state index in [4.69, 9.17) is 0 Å². The standard InChI is InChI=1S/C15H14F3N6/c1-8-7-12(22-14-20-9(2)23-24-14)21-13(19-8)10-5-3-4-6-11(10)15(16,17)18/h3-7,9,23H,1-2H3,(H-,19,20,21,22,24)/q-1. The van der Waals surface area contributed by atoms with Gasteiger partial charge in [0, 0.05) is 23.4 Å². The molecule has 0 saturated carbocycles. The number of alkyl halides is 3. The number of halogens is 3. The molecule has 0 amide bonds. The maximum atomic E-state index is 13.2. The zero-order valence-corrected chi connectivity index (χ0v) is 12.9. The van der Waals surface area contributed by atoms with Crippen molar-refractivity contribution in [2.24, 2.45) is 4.99 Å². The molecule has 1 unspecified atom stereocenters. The Kier molecular flexibility index (Phi) is 4.10. The molecule has 0 spiro atoms. The summed E-state index contributed by atoms with van der Waals surface area (Å²) in [5, 5.41) is 4.16. The van der Waals surface area contributed by atoms with Crippen LogP contribution < -0.4 is 10.9 Å². The first-order valence-corrected chi connectivity index (χ1v) is 7.16. The predicted molar refractivity (Wildman–Crippen MR) is 83.4 cm³/mol. The van der Waals surface area contributed by atoms with Gasteiger partial charge in [-0.25, -0.2) is 9.97 Å². The number of hydrazine groups is 1. The molecule has 1 atom stereocenters. The topological polar surface area (TPSA) is 76.3 Å². The van der Waals surface area contributed by atoms with Gasteiger partial charge in [0.2, 0.25) is 0 Å². The molecule has 0 aliphatic carbocycles. The van der Waals surface area contributed by atoms with Crippen LogP contribution >= 0.6 is 0 Å². The molecule has 1 aliphatic heterocycles. The number of nitrogens with zero attached hydrogens (tertiary/aromatic N) is 4. The molecule has 2 heterocycles. The largest absolute Gasteiger partial charge is 0.417 e. The Balaban J connectivity index is 2.05. The van der Waals surface area contributed by atoms with Crippen LogP contribution in [0.5, 0.6) is 0 Å². The molecule has 2 aromatic rings. The molecule has 9 heteroatoms. The van der Waals surface area contributed by atoms with E-state index in [9.17, 15) is 13.2 Å². The summed E-state index contributed by atoms with van der Waals surface area (Å²) in [5.74, 6) is 0.522. The van der Waals surface area contributed by atoms with Crippen LogP contribution in [0.15, 0.2) is 35.3 Å². The molecule has 3 rings (SSSR count). The van der Waals surface area contributed by atoms with Gasteiger partial charge in [-0.3, -0.25) is 5.43 Å². The minimum absolute atomic E-state index is 0.0266. The van der Waals surface area contributed by atoms with Gasteiger partial charge in [-0.2, -0.15) is 13.2 Å². The van der Waals surface area contributed by atoms with E-state index < -0.39 is 11.7 Å². The molecule has 0 radical (unpaired) electrons. The van der Waals surface area contributed by atoms with E-state index in [1.165, 1.54) is 18.2 Å². The van der Waals surface area contributed by atoms with E-state index in [2.05, 4.69) is 31.1 Å². The van der Waals surface area contributed by atoms with E-state index in [1.807, 2.05) is 6.92 Å². The number of aromatic nitrogens is 2. The summed E-state index contributed by atoms with van der Waals surface area (Å²) in [6.45, 7) is 3.50. The van der Waals surface area contributed by atoms with Crippen LogP contribution in [0, 0.1) is 6.92 Å². The highest BCUT2D eigenvalue weighted by molar-refractivity contribution is 5.95. The minimum atomic E-state index is -4.49. The number of nitrogens with one attached hydrogen (secondary N) is 2. The van der Waals surface area contributed by atoms with Crippen LogP contribution in [0.4, 0.5) is 19.0 Å². The first kappa shape index (κ1) is 16.2. The Morgan fingerprint density at radius 1 is 1.21 bits per heavy atom. The summed E-state index contributed by atoms with van der Waals surface area (Å²) >= 11 is 0. The molecule has 1 saturated heterocycles. The van der Waals surface area contributed by atoms with Crippen LogP contribution in [-0.2, 0) is 6.18 Å². The highest BCUT2D eigenvalue weighted by atomic mass is 19.4. The molecule has 2 N–H and O–H groups in total. The lowest BCUT2D eigenvalue weighted by atomic mass is 10.1. The summed E-state index contributed by atoms with van der Waals surface area (Å²) in [4.78, 5) is 12.5. The van der Waals surface area contributed by atoms with Crippen molar-refractivity contribution in [2.75, 3.05) is 0 Å². The highest BCUT2D eigenvalue weighted by Gasteiger charge is 2.34. The third-order valence-electron chi connectivity index (χ3n) is 3.24. The van der Waals surface area contributed by atoms with Gasteiger partial charge in [0.05, 0.1) is 11.4 Å². The Hall–Kier alpha value is -2.68. The normalized spacial score (nSPS) is 19.2. The lowest BCUT2D eigenvalue weighted by Gasteiger charge is -2.13. The second kappa shape index (κ2) is 6.08. The van der Waals surface area contributed by atoms with Gasteiger partial charge in [-0.15, -0.1) is 0 Å². The van der Waals surface area contributed by atoms with E-state index in [0.29, 0.717) is 11.7 Å². The van der Waals surface area contributed by atoms with Gasteiger partial charge in [-0.1, -0.05) is 18.2 Å². The fourth-order valence-corrected chi connectivity index (χ4v) is 2.24. The van der Waals surface area contributed by atoms with Gasteiger partial charge in [-0.05, 0) is 26.0 Å². The maximum absolute atomic E-state index is 13.2. The van der Waals surface area contributed by atoms with Crippen LogP contribution in [0.3, 0.4) is 0 Å². The van der Waals surface area contributed by atoms with E-state index in [1.54, 1.807) is 13.0 Å². The average molecular weight is 335 g/mol. The minimum Gasteiger partial charge on any atom is -0.384 e. The Morgan fingerprint density at radius 3 is 2.62 bits per heavy atom. The maximum Gasteiger partial charge on any atom is 0.417 e. The molecule has 1 aliphatic rings. The second-order valence-electron chi connectivity index (χ2n) is 5.24. The number of aryl methyl sites for hydroxylation is 1. The number of rotatable bonds is 2. The van der Waals surface area contributed by atoms with Crippen LogP contribution in [0.1, 0.15) is 18.2 Å². The third-order valence-corrected chi connectivity index (χ3v) is 3.24. The zero-order valence-electron chi connectivity index (χ0n) is 12.9. The summed E-state index contributed by atoms with van der Waals surface area (Å²) in [7, 11) is 0. The number of hydrogen-bond donors (Lipinski definition) is 2. The quantitative estimate of drug-likeness (QED) is 0.883. The molecule has 126 valence electrons. The van der Waals surface area contributed by atoms with Gasteiger partial charge >= 0.3 is 6.18 Å². The molecule has 24 heavy (non-hydrogen) atoms. The molecule has 1 aromatic heterocycles. The average Bonchev–Trinajstić information content (AvgIpc) is 2.91. The van der Waals surface area contributed by atoms with E-state index >= 15 is 0 Å². The summed E-state index contributed by atoms with van der Waals surface area (Å²) < 4.78 is 39.6. The lowest BCUT2D eigenvalue weighted by Crippen LogP contribution is -2.29. The van der Waals surface area contributed by atoms with Crippen LogP contribution in [-0.4, -0.2) is 22.1 Å². The van der Waals surface area contributed by atoms with Crippen molar-refractivity contribution in [3.63, 3.8) is 0 Å². The van der Waals surface area contributed by atoms with Gasteiger partial charge in [0.25, 0.3) is 0 Å². The molecule has 0 bridgehead atoms. The number of guanidine groups is 1. The first-order valence-electron chi connectivity index (χ1n) is 7.16. The summed E-state index contributed by atoms with van der Waals surface area (Å²) in [6, 6.07) is 6.77. The van der Waals surface area contributed by atoms with E-state index in [0.717, 1.165) is 6.07 Å². The summed E-state index contributed by atoms with van der Waals surface area (Å²) in [5.41, 5.74) is 5.24. The Morgan fingerprint density at radius 2 is 1.96 bits per heavy atom. The van der Waals surface area contributed by atoms with Crippen molar-refractivity contribution in [1.29, 1.82) is 0 Å². The Labute approximate surface area is 136 Å². The van der Waals surface area contributed by atoms with Gasteiger partial charge < -0.3 is 15.7 Å². The van der Waals surface area contributed by atoms with Crippen molar-refractivity contribution in [1.82, 2.24) is 20.8 Å². The molecular weight excluding hydrogens is 321 g/mol. The number of aliphatic imine (C=N–C) groups is 1. The van der Waals surface area contributed by atoms with Gasteiger partial charge in [0.15, 0.2) is 5.82 Å². The predicted octanol–water partition coefficient (Wildman–Crippen LogP) is 3.29. The monoisotopic (exact) mass is 335 g/mol. The molecule has 1 aromatic carbocycles. The van der Waals surface area contributed by atoms with Gasteiger partial charge in [0.1, 0.15) is 0 Å². The van der Waals surface area contributed by atoms with Crippen LogP contribution in [0.25, 0.3) is 16.7 Å². The molecular formula is C15H14F3N6-. The number of benzene rings is 1. The van der Waals surface area contributed by atoms with Crippen molar-refractivity contribution in [3.8, 4) is 11.4 Å². The number of hydrogen-bond acceptors (Lipinski definition) is 4. The fourth-order valence-electron chi connectivity index (χ4n) is 2.24. The lowest BCUT2D eigenvalue weighted by molar-refractivity contribution is -0.137. The third kappa shape index (κ3) is 3.46. The first-order chi connectivity index (χ1) is 11.3. The fraction of sp³-hybridized carbons (Fsp3) is 0.267. The summed E-state index contributed by atoms with van der Waals surface area (Å²) in [6.07, 6.45) is -4.63. The molecule has 1 fully saturated rings. The SMILES string of the molecule is Cc1cc(N=C2[N-]C(C)NN2)nc(-c2ccccc2C(F)(F)F)n1. The van der Waals surface area contributed by atoms with Crippen molar-refractivity contribution >= 4 is 11.8 Å². The molecule has 6 nitrogen and oxygen atoms in total. The highest BCUT2D eigenvalue weighted by Crippen LogP contribution is 2.36. The van der Waals surface area contributed by atoms with Crippen molar-refractivity contribution in [2.45, 2.75) is 26.2 Å². The Bertz CT molecular complexity index is 787. The van der Waals surface area contributed by atoms with Crippen molar-refractivity contribution in [3.05, 3.63) is 46.9 Å². The van der Waals surface area contributed by atoms with E-state index in [-0.39, 0.29) is 23.4 Å². The van der Waals surface area contributed by atoms with Crippen LogP contribution in [0.2, 0.25) is 0 Å². The van der Waals surface area contributed by atoms with Crippen molar-refractivity contribution < 1.29 is 13.2 Å². The second-order valence-corrected chi connectivity index (χ2v) is 5.24. The zero-order chi connectivity index (χ0) is 17.3. The smallest absolute Gasteiger partial charge is 0.384 e.